The average molecular weight is 745 g/mol. The standard InChI is InChI=1S/C19H16N3O.C15H14N4.Ir/c1-12-5-4-6-13(2)18(12)22-10-9-20-19(22)15-7-8-17-16(11-15)21-14(3)23-17;1-11-7-6-8-12(2)14(11)19-15(16-17-18-19)13-9-4-3-5-10-13;/h4-6,8-11H,1-3H3;3-9,15H,1-2H3;/q-1;;. The number of hydrogen-bond acceptors (Lipinski definition) is 6. The molecule has 1 aliphatic heterocycles. The summed E-state index contributed by atoms with van der Waals surface area (Å²) >= 11 is 0. The maximum Gasteiger partial charge on any atom is 0.274 e. The average Bonchev–Trinajstić information content (AvgIpc) is 3.73. The summed E-state index contributed by atoms with van der Waals surface area (Å²) in [5, 5.41) is 10.2. The van der Waals surface area contributed by atoms with Crippen LogP contribution in [0.5, 0.6) is 0 Å². The van der Waals surface area contributed by atoms with Crippen LogP contribution in [0, 0.1) is 46.8 Å². The van der Waals surface area contributed by atoms with Crippen LogP contribution < -0.4 is 9.92 Å². The number of aromatic nitrogens is 3. The third kappa shape index (κ3) is 5.97. The molecule has 3 heterocycles. The molecule has 43 heavy (non-hydrogen) atoms. The van der Waals surface area contributed by atoms with Crippen LogP contribution in [-0.4, -0.2) is 14.5 Å². The van der Waals surface area contributed by atoms with Crippen LogP contribution in [0.1, 0.15) is 39.9 Å². The van der Waals surface area contributed by atoms with Crippen LogP contribution in [-0.2, 0) is 20.1 Å². The first-order valence-electron chi connectivity index (χ1n) is 13.7. The normalized spacial score (nSPS) is 13.6. The molecule has 217 valence electrons. The van der Waals surface area contributed by atoms with Crippen LogP contribution in [0.25, 0.3) is 28.2 Å². The van der Waals surface area contributed by atoms with Gasteiger partial charge in [-0.15, -0.1) is 23.8 Å². The van der Waals surface area contributed by atoms with Gasteiger partial charge in [-0.3, -0.25) is 4.98 Å². The van der Waals surface area contributed by atoms with Gasteiger partial charge in [-0.25, -0.2) is 4.98 Å². The van der Waals surface area contributed by atoms with Crippen molar-refractivity contribution < 1.29 is 24.5 Å². The number of nitrogens with zero attached hydrogens (tertiary/aromatic N) is 7. The van der Waals surface area contributed by atoms with E-state index >= 15 is 0 Å². The van der Waals surface area contributed by atoms with Gasteiger partial charge >= 0.3 is 0 Å². The molecule has 1 atom stereocenters. The fourth-order valence-corrected chi connectivity index (χ4v) is 5.29. The van der Waals surface area contributed by atoms with E-state index in [9.17, 15) is 0 Å². The molecule has 0 amide bonds. The fraction of sp³-hybridized carbons (Fsp3) is 0.176. The second-order valence-electron chi connectivity index (χ2n) is 10.3. The van der Waals surface area contributed by atoms with Crippen molar-refractivity contribution in [2.75, 3.05) is 5.01 Å². The molecule has 0 N–H and O–H groups in total. The summed E-state index contributed by atoms with van der Waals surface area (Å²) < 4.78 is 7.63. The van der Waals surface area contributed by atoms with E-state index in [-0.39, 0.29) is 26.3 Å². The molecule has 1 aliphatic rings. The molecule has 8 nitrogen and oxygen atoms in total. The molecule has 0 bridgehead atoms. The molecule has 9 heteroatoms. The summed E-state index contributed by atoms with van der Waals surface area (Å²) in [6.45, 7) is 10.2. The first-order valence-corrected chi connectivity index (χ1v) is 13.7. The zero-order chi connectivity index (χ0) is 29.2. The Morgan fingerprint density at radius 2 is 1.53 bits per heavy atom. The van der Waals surface area contributed by atoms with Crippen molar-refractivity contribution in [1.29, 1.82) is 0 Å². The van der Waals surface area contributed by atoms with Crippen molar-refractivity contribution in [2.24, 2.45) is 10.3 Å². The minimum absolute atomic E-state index is 0. The van der Waals surface area contributed by atoms with Crippen LogP contribution >= 0.6 is 0 Å². The second kappa shape index (κ2) is 12.7. The number of hydrogen-bond donors (Lipinski definition) is 0. The van der Waals surface area contributed by atoms with Gasteiger partial charge in [0.15, 0.2) is 11.6 Å². The van der Waals surface area contributed by atoms with Crippen LogP contribution in [0.2, 0.25) is 0 Å². The van der Waals surface area contributed by atoms with Crippen molar-refractivity contribution in [3.05, 3.63) is 131 Å². The van der Waals surface area contributed by atoms with Gasteiger partial charge < -0.3 is 8.98 Å². The quantitative estimate of drug-likeness (QED) is 0.136. The molecule has 4 aromatic carbocycles. The third-order valence-electron chi connectivity index (χ3n) is 7.20. The Kier molecular flexibility index (Phi) is 8.78. The van der Waals surface area contributed by atoms with Gasteiger partial charge in [-0.1, -0.05) is 47.0 Å². The van der Waals surface area contributed by atoms with E-state index in [4.69, 9.17) is 4.42 Å². The second-order valence-corrected chi connectivity index (χ2v) is 10.3. The van der Waals surface area contributed by atoms with Crippen LogP contribution in [0.3, 0.4) is 0 Å². The molecule has 1 unspecified atom stereocenters. The van der Waals surface area contributed by atoms with E-state index in [1.807, 2.05) is 66.8 Å². The number of benzene rings is 4. The molecule has 7 rings (SSSR count). The molecule has 1 radical (unpaired) electrons. The molecule has 6 aromatic rings. The van der Waals surface area contributed by atoms with Gasteiger partial charge in [-0.2, -0.15) is 30.3 Å². The Hall–Kier alpha value is -4.68. The largest absolute Gasteiger partial charge is 0.488 e. The van der Waals surface area contributed by atoms with E-state index < -0.39 is 0 Å². The molecule has 0 saturated carbocycles. The van der Waals surface area contributed by atoms with Crippen LogP contribution in [0.4, 0.5) is 5.69 Å². The number of para-hydroxylation sites is 2. The van der Waals surface area contributed by atoms with Crippen molar-refractivity contribution in [1.82, 2.24) is 19.4 Å². The van der Waals surface area contributed by atoms with Crippen molar-refractivity contribution in [3.63, 3.8) is 0 Å². The zero-order valence-electron chi connectivity index (χ0n) is 24.5. The Morgan fingerprint density at radius 3 is 2.21 bits per heavy atom. The Balaban J connectivity index is 0.000000170. The molecule has 0 fully saturated rings. The third-order valence-corrected chi connectivity index (χ3v) is 7.20. The minimum Gasteiger partial charge on any atom is -0.488 e. The Bertz CT molecular complexity index is 1910. The maximum atomic E-state index is 5.52. The van der Waals surface area contributed by atoms with E-state index in [2.05, 4.69) is 99.9 Å². The number of aryl methyl sites for hydroxylation is 5. The van der Waals surface area contributed by atoms with Gasteiger partial charge in [0.25, 0.3) is 6.17 Å². The zero-order valence-corrected chi connectivity index (χ0v) is 26.9. The Morgan fingerprint density at radius 1 is 0.837 bits per heavy atom. The number of rotatable bonds is 4. The summed E-state index contributed by atoms with van der Waals surface area (Å²) in [7, 11) is 0. The van der Waals surface area contributed by atoms with Crippen molar-refractivity contribution in [2.45, 2.75) is 40.8 Å². The SMILES string of the molecule is Cc1cccc(C)c1N1N=[N+]=NC1c1[c-]cccc1.Cc1nc2cc(-c3nccn3-c3c(C)cccc3C)[c-]cc2o1.[Ir]. The molecule has 2 aromatic heterocycles. The minimum atomic E-state index is -0.221. The Labute approximate surface area is 264 Å². The van der Waals surface area contributed by atoms with Gasteiger partial charge in [-0.05, 0) is 49.9 Å². The molecule has 0 aliphatic carbocycles. The smallest absolute Gasteiger partial charge is 0.274 e. The summed E-state index contributed by atoms with van der Waals surface area (Å²) in [4.78, 5) is 12.8. The number of anilines is 1. The monoisotopic (exact) mass is 745 g/mol. The summed E-state index contributed by atoms with van der Waals surface area (Å²) in [5.41, 5.74) is 10.4. The summed E-state index contributed by atoms with van der Waals surface area (Å²) in [6, 6.07) is 30.5. The van der Waals surface area contributed by atoms with E-state index in [1.165, 1.54) is 11.1 Å². The molecular formula is C34H30IrN7O-. The molecule has 0 spiro atoms. The predicted octanol–water partition coefficient (Wildman–Crippen LogP) is 7.91. The van der Waals surface area contributed by atoms with Crippen molar-refractivity contribution in [3.8, 4) is 17.1 Å². The van der Waals surface area contributed by atoms with E-state index in [1.54, 1.807) is 0 Å². The van der Waals surface area contributed by atoms with E-state index in [0.29, 0.717) is 5.89 Å². The summed E-state index contributed by atoms with van der Waals surface area (Å²) in [6.07, 6.45) is 3.57. The fourth-order valence-electron chi connectivity index (χ4n) is 5.29. The van der Waals surface area contributed by atoms with E-state index in [0.717, 1.165) is 50.6 Å². The van der Waals surface area contributed by atoms with Gasteiger partial charge in [0.05, 0.1) is 21.4 Å². The van der Waals surface area contributed by atoms with Gasteiger partial charge in [0.2, 0.25) is 5.22 Å². The van der Waals surface area contributed by atoms with Crippen LogP contribution in [0.15, 0.2) is 99.9 Å². The van der Waals surface area contributed by atoms with Gasteiger partial charge in [0, 0.05) is 50.6 Å². The first kappa shape index (κ1) is 29.8. The number of imidazole rings is 1. The summed E-state index contributed by atoms with van der Waals surface area (Å²) in [5.74, 6) is 1.51. The molecule has 0 saturated heterocycles. The number of oxazole rings is 1. The first-order chi connectivity index (χ1) is 20.4. The predicted molar refractivity (Wildman–Crippen MR) is 163 cm³/mol. The van der Waals surface area contributed by atoms with Crippen molar-refractivity contribution >= 4 is 16.8 Å². The molecular weight excluding hydrogens is 715 g/mol. The number of fused-ring (bicyclic) bond motifs is 1. The topological polar surface area (TPSA) is 85.9 Å². The maximum absolute atomic E-state index is 5.52. The van der Waals surface area contributed by atoms with Gasteiger partial charge in [0.1, 0.15) is 0 Å².